The van der Waals surface area contributed by atoms with E-state index in [-0.39, 0.29) is 12.4 Å². The van der Waals surface area contributed by atoms with Gasteiger partial charge in [0.15, 0.2) is 5.82 Å². The summed E-state index contributed by atoms with van der Waals surface area (Å²) in [5, 5.41) is 6.72. The van der Waals surface area contributed by atoms with Gasteiger partial charge in [0.05, 0.1) is 6.54 Å². The Labute approximate surface area is 72.0 Å². The fourth-order valence-electron chi connectivity index (χ4n) is 0.660. The Balaban J connectivity index is 0.000001000. The van der Waals surface area contributed by atoms with E-state index < -0.39 is 0 Å². The van der Waals surface area contributed by atoms with E-state index in [1.165, 1.54) is 0 Å². The van der Waals surface area contributed by atoms with Crippen LogP contribution in [0.15, 0.2) is 0 Å². The molecule has 0 amide bonds. The molecule has 3 N–H and O–H groups in total. The number of hydrogen-bond acceptors (Lipinski definition) is 3. The maximum absolute atomic E-state index is 5.33. The molecule has 64 valence electrons. The zero-order chi connectivity index (χ0) is 7.56. The van der Waals surface area contributed by atoms with E-state index in [0.29, 0.717) is 12.5 Å². The molecular weight excluding hydrogens is 164 g/mol. The predicted octanol–water partition coefficient (Wildman–Crippen LogP) is 0.809. The first-order chi connectivity index (χ1) is 4.74. The van der Waals surface area contributed by atoms with E-state index in [9.17, 15) is 0 Å². The molecule has 1 aromatic rings. The monoisotopic (exact) mass is 176 g/mol. The van der Waals surface area contributed by atoms with E-state index in [0.717, 1.165) is 11.6 Å². The fraction of sp³-hybridized carbons (Fsp3) is 0.667. The molecule has 0 saturated heterocycles. The van der Waals surface area contributed by atoms with Gasteiger partial charge in [0, 0.05) is 5.92 Å². The summed E-state index contributed by atoms with van der Waals surface area (Å²) in [6.45, 7) is 4.52. The lowest BCUT2D eigenvalue weighted by Gasteiger charge is -1.92. The molecule has 1 heterocycles. The summed E-state index contributed by atoms with van der Waals surface area (Å²) in [4.78, 5) is 4.14. The number of halogens is 1. The first-order valence-electron chi connectivity index (χ1n) is 3.35. The molecule has 0 bridgehead atoms. The van der Waals surface area contributed by atoms with Crippen LogP contribution in [0.1, 0.15) is 31.4 Å². The van der Waals surface area contributed by atoms with Crippen LogP contribution in [-0.4, -0.2) is 15.2 Å². The average Bonchev–Trinajstić information content (AvgIpc) is 2.34. The van der Waals surface area contributed by atoms with Crippen molar-refractivity contribution in [1.29, 1.82) is 0 Å². The van der Waals surface area contributed by atoms with E-state index in [4.69, 9.17) is 5.73 Å². The molecule has 0 aliphatic heterocycles. The summed E-state index contributed by atoms with van der Waals surface area (Å²) in [5.41, 5.74) is 5.33. The number of hydrogen-bond donors (Lipinski definition) is 2. The minimum absolute atomic E-state index is 0. The van der Waals surface area contributed by atoms with Crippen molar-refractivity contribution < 1.29 is 0 Å². The van der Waals surface area contributed by atoms with E-state index in [2.05, 4.69) is 15.2 Å². The van der Waals surface area contributed by atoms with Crippen LogP contribution in [0.3, 0.4) is 0 Å². The van der Waals surface area contributed by atoms with Gasteiger partial charge >= 0.3 is 0 Å². The van der Waals surface area contributed by atoms with Gasteiger partial charge < -0.3 is 5.73 Å². The minimum atomic E-state index is 0. The van der Waals surface area contributed by atoms with Crippen molar-refractivity contribution in [2.75, 3.05) is 0 Å². The van der Waals surface area contributed by atoms with Crippen LogP contribution in [0.25, 0.3) is 0 Å². The van der Waals surface area contributed by atoms with Crippen LogP contribution in [0, 0.1) is 0 Å². The molecule has 0 aliphatic rings. The number of H-pyrrole nitrogens is 1. The lowest BCUT2D eigenvalue weighted by Crippen LogP contribution is -1.98. The fourth-order valence-corrected chi connectivity index (χ4v) is 0.660. The number of aromatic nitrogens is 3. The van der Waals surface area contributed by atoms with Gasteiger partial charge in [-0.25, -0.2) is 4.98 Å². The van der Waals surface area contributed by atoms with Gasteiger partial charge in [-0.3, -0.25) is 5.10 Å². The van der Waals surface area contributed by atoms with Crippen molar-refractivity contribution in [3.05, 3.63) is 11.6 Å². The first-order valence-corrected chi connectivity index (χ1v) is 3.35. The molecule has 0 saturated carbocycles. The Morgan fingerprint density at radius 3 is 2.45 bits per heavy atom. The van der Waals surface area contributed by atoms with E-state index in [1.807, 2.05) is 13.8 Å². The second kappa shape index (κ2) is 4.31. The lowest BCUT2D eigenvalue weighted by atomic mass is 10.2. The number of aromatic amines is 1. The number of nitrogens with zero attached hydrogens (tertiary/aromatic N) is 2. The molecule has 0 atom stereocenters. The van der Waals surface area contributed by atoms with Crippen molar-refractivity contribution in [1.82, 2.24) is 15.2 Å². The summed E-state index contributed by atoms with van der Waals surface area (Å²) in [6.07, 6.45) is 0. The number of nitrogens with two attached hydrogens (primary N) is 1. The molecule has 0 spiro atoms. The molecule has 0 aliphatic carbocycles. The standard InChI is InChI=1S/C6H12N4.ClH/c1-4(2)6-8-5(3-7)9-10-6;/h4H,3,7H2,1-2H3,(H,8,9,10);1H. The summed E-state index contributed by atoms with van der Waals surface area (Å²) in [7, 11) is 0. The predicted molar refractivity (Wildman–Crippen MR) is 45.6 cm³/mol. The van der Waals surface area contributed by atoms with Crippen LogP contribution in [0.2, 0.25) is 0 Å². The zero-order valence-electron chi connectivity index (χ0n) is 6.66. The smallest absolute Gasteiger partial charge is 0.153 e. The molecule has 4 nitrogen and oxygen atoms in total. The molecule has 1 aromatic heterocycles. The SMILES string of the molecule is CC(C)c1n[nH]c(CN)n1.Cl. The Morgan fingerprint density at radius 1 is 1.55 bits per heavy atom. The maximum Gasteiger partial charge on any atom is 0.153 e. The highest BCUT2D eigenvalue weighted by molar-refractivity contribution is 5.85. The van der Waals surface area contributed by atoms with Gasteiger partial charge in [-0.1, -0.05) is 13.8 Å². The Kier molecular flexibility index (Phi) is 4.07. The van der Waals surface area contributed by atoms with Crippen LogP contribution in [0.5, 0.6) is 0 Å². The van der Waals surface area contributed by atoms with Gasteiger partial charge in [-0.15, -0.1) is 12.4 Å². The second-order valence-corrected chi connectivity index (χ2v) is 2.50. The van der Waals surface area contributed by atoms with E-state index in [1.54, 1.807) is 0 Å². The van der Waals surface area contributed by atoms with Gasteiger partial charge in [0.25, 0.3) is 0 Å². The summed E-state index contributed by atoms with van der Waals surface area (Å²) in [5.74, 6) is 1.96. The Hall–Kier alpha value is -0.610. The third kappa shape index (κ3) is 2.48. The lowest BCUT2D eigenvalue weighted by molar-refractivity contribution is 0.780. The van der Waals surface area contributed by atoms with Crippen molar-refractivity contribution in [2.24, 2.45) is 5.73 Å². The zero-order valence-corrected chi connectivity index (χ0v) is 7.48. The highest BCUT2D eigenvalue weighted by Crippen LogP contribution is 2.06. The molecule has 0 aromatic carbocycles. The highest BCUT2D eigenvalue weighted by atomic mass is 35.5. The Bertz CT molecular complexity index is 208. The van der Waals surface area contributed by atoms with E-state index >= 15 is 0 Å². The van der Waals surface area contributed by atoms with Crippen LogP contribution in [0.4, 0.5) is 0 Å². The average molecular weight is 177 g/mol. The molecule has 5 heteroatoms. The molecule has 0 fully saturated rings. The van der Waals surface area contributed by atoms with Gasteiger partial charge in [0.2, 0.25) is 0 Å². The van der Waals surface area contributed by atoms with Gasteiger partial charge in [-0.2, -0.15) is 5.10 Å². The van der Waals surface area contributed by atoms with Crippen LogP contribution >= 0.6 is 12.4 Å². The van der Waals surface area contributed by atoms with Gasteiger partial charge in [-0.05, 0) is 0 Å². The minimum Gasteiger partial charge on any atom is -0.324 e. The Morgan fingerprint density at radius 2 is 2.18 bits per heavy atom. The highest BCUT2D eigenvalue weighted by Gasteiger charge is 2.04. The van der Waals surface area contributed by atoms with Gasteiger partial charge in [0.1, 0.15) is 5.82 Å². The molecule has 0 unspecified atom stereocenters. The molecule has 1 rings (SSSR count). The van der Waals surface area contributed by atoms with Crippen molar-refractivity contribution in [2.45, 2.75) is 26.3 Å². The largest absolute Gasteiger partial charge is 0.324 e. The third-order valence-corrected chi connectivity index (χ3v) is 1.26. The van der Waals surface area contributed by atoms with Crippen LogP contribution in [-0.2, 0) is 6.54 Å². The summed E-state index contributed by atoms with van der Waals surface area (Å²) in [6, 6.07) is 0. The molecule has 0 radical (unpaired) electrons. The van der Waals surface area contributed by atoms with Crippen molar-refractivity contribution in [3.8, 4) is 0 Å². The summed E-state index contributed by atoms with van der Waals surface area (Å²) >= 11 is 0. The second-order valence-electron chi connectivity index (χ2n) is 2.50. The molecule has 11 heavy (non-hydrogen) atoms. The quantitative estimate of drug-likeness (QED) is 0.701. The van der Waals surface area contributed by atoms with Crippen molar-refractivity contribution in [3.63, 3.8) is 0 Å². The summed E-state index contributed by atoms with van der Waals surface area (Å²) < 4.78 is 0. The molecular formula is C6H13ClN4. The maximum atomic E-state index is 5.33. The third-order valence-electron chi connectivity index (χ3n) is 1.26. The van der Waals surface area contributed by atoms with Crippen LogP contribution < -0.4 is 5.73 Å². The number of rotatable bonds is 2. The first kappa shape index (κ1) is 10.4. The normalized spacial score (nSPS) is 9.82. The topological polar surface area (TPSA) is 67.6 Å². The van der Waals surface area contributed by atoms with Crippen molar-refractivity contribution >= 4 is 12.4 Å². The number of nitrogens with one attached hydrogen (secondary N) is 1.